The van der Waals surface area contributed by atoms with E-state index in [1.54, 1.807) is 38.5 Å². The lowest BCUT2D eigenvalue weighted by Crippen LogP contribution is -2.49. The van der Waals surface area contributed by atoms with Gasteiger partial charge in [-0.05, 0) is 61.2 Å². The highest BCUT2D eigenvalue weighted by Crippen LogP contribution is 2.61. The Kier molecular flexibility index (Phi) is 3.31. The first-order valence-corrected chi connectivity index (χ1v) is 9.28. The lowest BCUT2D eigenvalue weighted by atomic mass is 9.23. The Morgan fingerprint density at radius 1 is 0.850 bits per heavy atom. The van der Waals surface area contributed by atoms with Gasteiger partial charge < -0.3 is 0 Å². The van der Waals surface area contributed by atoms with Crippen molar-refractivity contribution in [3.63, 3.8) is 0 Å². The van der Waals surface area contributed by atoms with Gasteiger partial charge in [-0.3, -0.25) is 0 Å². The Morgan fingerprint density at radius 2 is 1.30 bits per heavy atom. The van der Waals surface area contributed by atoms with Crippen molar-refractivity contribution in [2.45, 2.75) is 70.3 Å². The zero-order valence-corrected chi connectivity index (χ0v) is 13.4. The molecule has 20 heavy (non-hydrogen) atoms. The summed E-state index contributed by atoms with van der Waals surface area (Å²) in [5.41, 5.74) is 0. The smallest absolute Gasteiger partial charge is 0.104 e. The maximum absolute atomic E-state index is 4.10. The largest absolute Gasteiger partial charge is 0.150 e. The summed E-state index contributed by atoms with van der Waals surface area (Å²) in [6, 6.07) is 0. The van der Waals surface area contributed by atoms with Gasteiger partial charge in [0.2, 0.25) is 0 Å². The molecule has 0 saturated heterocycles. The Balaban J connectivity index is 1.53. The standard InChI is InChI=1S/C19H31B/c1-4-5-20(18-10-14-6-16(7-14)12(18)2)19-11-15-8-17(9-15)13(19)3/h4,12-19H,1,5-11H2,2-3H3/t12-,13-,14?,15?,16?,17?,18-,19-/m1/s1. The molecule has 4 bridgehead atoms. The van der Waals surface area contributed by atoms with Gasteiger partial charge in [0.05, 0.1) is 0 Å². The first-order valence-electron chi connectivity index (χ1n) is 9.28. The lowest BCUT2D eigenvalue weighted by molar-refractivity contribution is 0.0447. The third-order valence-electron chi connectivity index (χ3n) is 8.13. The van der Waals surface area contributed by atoms with Crippen LogP contribution in [-0.4, -0.2) is 6.71 Å². The number of fused-ring (bicyclic) bond motifs is 4. The molecule has 0 unspecified atom stereocenters. The highest BCUT2D eigenvalue weighted by atomic mass is 14.5. The number of hydrogen-bond acceptors (Lipinski definition) is 0. The van der Waals surface area contributed by atoms with Crippen molar-refractivity contribution in [1.82, 2.24) is 0 Å². The minimum atomic E-state index is 0.966. The van der Waals surface area contributed by atoms with Crippen LogP contribution in [0.3, 0.4) is 0 Å². The van der Waals surface area contributed by atoms with Crippen LogP contribution in [0.4, 0.5) is 0 Å². The van der Waals surface area contributed by atoms with E-state index in [2.05, 4.69) is 26.5 Å². The summed E-state index contributed by atoms with van der Waals surface area (Å²) in [5.74, 6) is 8.40. The monoisotopic (exact) mass is 270 g/mol. The van der Waals surface area contributed by atoms with Crippen molar-refractivity contribution in [2.24, 2.45) is 35.5 Å². The highest BCUT2D eigenvalue weighted by Gasteiger charge is 2.52. The minimum Gasteiger partial charge on any atom is -0.104 e. The summed E-state index contributed by atoms with van der Waals surface area (Å²) in [7, 11) is 0. The summed E-state index contributed by atoms with van der Waals surface area (Å²) < 4.78 is 0. The molecule has 0 radical (unpaired) electrons. The first-order chi connectivity index (χ1) is 9.67. The van der Waals surface area contributed by atoms with Crippen LogP contribution in [0.25, 0.3) is 0 Å². The van der Waals surface area contributed by atoms with Crippen LogP contribution in [-0.2, 0) is 0 Å². The van der Waals surface area contributed by atoms with Crippen molar-refractivity contribution < 1.29 is 0 Å². The minimum absolute atomic E-state index is 0.966. The summed E-state index contributed by atoms with van der Waals surface area (Å²) in [4.78, 5) is 0. The molecule has 0 aromatic carbocycles. The zero-order valence-electron chi connectivity index (χ0n) is 13.4. The molecular formula is C19H31B. The molecule has 0 spiro atoms. The van der Waals surface area contributed by atoms with Gasteiger partial charge in [0.15, 0.2) is 6.71 Å². The van der Waals surface area contributed by atoms with E-state index in [1.165, 1.54) is 6.32 Å². The molecule has 0 aromatic heterocycles. The van der Waals surface area contributed by atoms with Crippen LogP contribution >= 0.6 is 0 Å². The molecular weight excluding hydrogens is 239 g/mol. The molecule has 1 heteroatoms. The molecule has 6 rings (SSSR count). The molecule has 6 aliphatic carbocycles. The molecule has 110 valence electrons. The summed E-state index contributed by atoms with van der Waals surface area (Å²) >= 11 is 0. The molecule has 0 aliphatic heterocycles. The number of hydrogen-bond donors (Lipinski definition) is 0. The van der Waals surface area contributed by atoms with E-state index < -0.39 is 0 Å². The topological polar surface area (TPSA) is 0 Å². The average molecular weight is 270 g/mol. The molecule has 0 nitrogen and oxygen atoms in total. The van der Waals surface area contributed by atoms with Gasteiger partial charge in [-0.2, -0.15) is 0 Å². The second-order valence-corrected chi connectivity index (χ2v) is 8.90. The fraction of sp³-hybridized carbons (Fsp3) is 0.895. The zero-order chi connectivity index (χ0) is 13.9. The third kappa shape index (κ3) is 1.95. The van der Waals surface area contributed by atoms with Gasteiger partial charge in [-0.15, -0.1) is 6.58 Å². The second kappa shape index (κ2) is 4.92. The van der Waals surface area contributed by atoms with Crippen molar-refractivity contribution in [1.29, 1.82) is 0 Å². The van der Waals surface area contributed by atoms with Crippen LogP contribution in [0.2, 0.25) is 18.0 Å². The van der Waals surface area contributed by atoms with Gasteiger partial charge in [0.1, 0.15) is 0 Å². The Labute approximate surface area is 125 Å². The van der Waals surface area contributed by atoms with Gasteiger partial charge >= 0.3 is 0 Å². The fourth-order valence-electron chi connectivity index (χ4n) is 6.71. The number of allylic oxidation sites excluding steroid dienone is 1. The van der Waals surface area contributed by atoms with Gasteiger partial charge in [-0.25, -0.2) is 0 Å². The predicted molar refractivity (Wildman–Crippen MR) is 88.2 cm³/mol. The molecule has 0 heterocycles. The summed E-state index contributed by atoms with van der Waals surface area (Å²) in [6.45, 7) is 10.2. The molecule has 0 aromatic rings. The van der Waals surface area contributed by atoms with Crippen LogP contribution in [0, 0.1) is 35.5 Å². The maximum atomic E-state index is 4.10. The SMILES string of the molecule is C=CCB([C@@H]1CC2CC(C2)[C@H]1C)[C@@H]1CC2CC(C2)[C@H]1C. The molecule has 0 N–H and O–H groups in total. The van der Waals surface area contributed by atoms with Crippen LogP contribution in [0.1, 0.15) is 52.4 Å². The van der Waals surface area contributed by atoms with Crippen LogP contribution in [0.15, 0.2) is 12.7 Å². The second-order valence-electron chi connectivity index (χ2n) is 8.90. The van der Waals surface area contributed by atoms with E-state index in [9.17, 15) is 0 Å². The van der Waals surface area contributed by atoms with Gasteiger partial charge in [0, 0.05) is 0 Å². The molecule has 0 amide bonds. The molecule has 6 saturated carbocycles. The van der Waals surface area contributed by atoms with Crippen LogP contribution in [0.5, 0.6) is 0 Å². The summed E-state index contributed by atoms with van der Waals surface area (Å²) in [6.07, 6.45) is 12.9. The van der Waals surface area contributed by atoms with Crippen molar-refractivity contribution >= 4 is 6.71 Å². The average Bonchev–Trinajstić information content (AvgIpc) is 2.34. The predicted octanol–water partition coefficient (Wildman–Crippen LogP) is 5.54. The fourth-order valence-corrected chi connectivity index (χ4v) is 6.71. The van der Waals surface area contributed by atoms with Crippen molar-refractivity contribution in [3.8, 4) is 0 Å². The highest BCUT2D eigenvalue weighted by molar-refractivity contribution is 6.62. The summed E-state index contributed by atoms with van der Waals surface area (Å²) in [5, 5.41) is 0. The maximum Gasteiger partial charge on any atom is 0.150 e. The van der Waals surface area contributed by atoms with Crippen molar-refractivity contribution in [2.75, 3.05) is 0 Å². The first kappa shape index (κ1) is 13.5. The van der Waals surface area contributed by atoms with E-state index in [0.717, 1.165) is 53.9 Å². The quantitative estimate of drug-likeness (QED) is 0.464. The van der Waals surface area contributed by atoms with E-state index in [4.69, 9.17) is 0 Å². The Morgan fingerprint density at radius 3 is 1.65 bits per heavy atom. The Bertz CT molecular complexity index is 345. The molecule has 6 aliphatic rings. The van der Waals surface area contributed by atoms with E-state index >= 15 is 0 Å². The van der Waals surface area contributed by atoms with Gasteiger partial charge in [0.25, 0.3) is 0 Å². The van der Waals surface area contributed by atoms with Gasteiger partial charge in [-0.1, -0.05) is 50.7 Å². The Hall–Kier alpha value is -0.195. The normalized spacial score (nSPS) is 52.7. The van der Waals surface area contributed by atoms with E-state index in [1.807, 2.05) is 0 Å². The molecule has 6 fully saturated rings. The van der Waals surface area contributed by atoms with Crippen molar-refractivity contribution in [3.05, 3.63) is 12.7 Å². The molecule has 4 atom stereocenters. The third-order valence-corrected chi connectivity index (χ3v) is 8.13. The van der Waals surface area contributed by atoms with Crippen LogP contribution < -0.4 is 0 Å². The van der Waals surface area contributed by atoms with E-state index in [0.29, 0.717) is 0 Å². The lowest BCUT2D eigenvalue weighted by Gasteiger charge is -2.57. The number of rotatable bonds is 4. The van der Waals surface area contributed by atoms with E-state index in [-0.39, 0.29) is 0 Å².